The maximum Gasteiger partial charge on any atom is 0.119 e. The first-order valence-electron chi connectivity index (χ1n) is 6.53. The molecule has 20 heavy (non-hydrogen) atoms. The summed E-state index contributed by atoms with van der Waals surface area (Å²) in [7, 11) is 0.680. The summed E-state index contributed by atoms with van der Waals surface area (Å²) in [4.78, 5) is 0. The van der Waals surface area contributed by atoms with Crippen LogP contribution in [-0.2, 0) is 10.8 Å². The van der Waals surface area contributed by atoms with Gasteiger partial charge in [0.05, 0.1) is 22.1 Å². The lowest BCUT2D eigenvalue weighted by Crippen LogP contribution is -2.26. The molecule has 1 N–H and O–H groups in total. The van der Waals surface area contributed by atoms with Gasteiger partial charge >= 0.3 is 0 Å². The van der Waals surface area contributed by atoms with E-state index in [2.05, 4.69) is 12.2 Å². The minimum Gasteiger partial charge on any atom is -0.497 e. The van der Waals surface area contributed by atoms with Gasteiger partial charge in [0.2, 0.25) is 0 Å². The van der Waals surface area contributed by atoms with E-state index in [-0.39, 0.29) is 6.04 Å². The Morgan fingerprint density at radius 3 is 2.85 bits per heavy atom. The molecule has 0 radical (unpaired) electrons. The van der Waals surface area contributed by atoms with E-state index in [1.807, 2.05) is 41.8 Å². The van der Waals surface area contributed by atoms with E-state index in [1.54, 1.807) is 18.4 Å². The normalized spacial score (nSPS) is 13.9. The van der Waals surface area contributed by atoms with Crippen LogP contribution < -0.4 is 10.1 Å². The SMILES string of the molecule is CCNC(CS(=O)c1cccs1)c1cccc(OC)c1. The van der Waals surface area contributed by atoms with Crippen LogP contribution in [0, 0.1) is 0 Å². The van der Waals surface area contributed by atoms with Crippen LogP contribution in [0.25, 0.3) is 0 Å². The van der Waals surface area contributed by atoms with Crippen LogP contribution in [-0.4, -0.2) is 23.6 Å². The number of benzene rings is 1. The van der Waals surface area contributed by atoms with Gasteiger partial charge < -0.3 is 10.1 Å². The second-order valence-corrected chi connectivity index (χ2v) is 7.00. The van der Waals surface area contributed by atoms with Gasteiger partial charge in [-0.1, -0.05) is 25.1 Å². The molecule has 0 aliphatic heterocycles. The minimum atomic E-state index is -0.978. The van der Waals surface area contributed by atoms with Crippen molar-refractivity contribution in [1.29, 1.82) is 0 Å². The molecule has 1 aromatic carbocycles. The molecule has 5 heteroatoms. The van der Waals surface area contributed by atoms with Gasteiger partial charge in [-0.3, -0.25) is 4.21 Å². The molecule has 108 valence electrons. The van der Waals surface area contributed by atoms with Crippen molar-refractivity contribution in [2.24, 2.45) is 0 Å². The fraction of sp³-hybridized carbons (Fsp3) is 0.333. The molecule has 2 atom stereocenters. The molecule has 1 heterocycles. The monoisotopic (exact) mass is 309 g/mol. The molecule has 0 aliphatic rings. The first-order valence-corrected chi connectivity index (χ1v) is 8.73. The van der Waals surface area contributed by atoms with Gasteiger partial charge in [0.15, 0.2) is 0 Å². The van der Waals surface area contributed by atoms with E-state index < -0.39 is 10.8 Å². The number of nitrogens with one attached hydrogen (secondary N) is 1. The van der Waals surface area contributed by atoms with Crippen LogP contribution in [0.15, 0.2) is 46.0 Å². The van der Waals surface area contributed by atoms with E-state index in [1.165, 1.54) is 0 Å². The molecule has 3 nitrogen and oxygen atoms in total. The Hall–Kier alpha value is -1.17. The van der Waals surface area contributed by atoms with Gasteiger partial charge in [0.1, 0.15) is 5.75 Å². The Morgan fingerprint density at radius 1 is 1.35 bits per heavy atom. The van der Waals surface area contributed by atoms with E-state index >= 15 is 0 Å². The summed E-state index contributed by atoms with van der Waals surface area (Å²) in [6, 6.07) is 11.9. The second-order valence-electron chi connectivity index (χ2n) is 4.33. The van der Waals surface area contributed by atoms with Crippen molar-refractivity contribution < 1.29 is 8.95 Å². The summed E-state index contributed by atoms with van der Waals surface area (Å²) in [6.07, 6.45) is 0. The predicted molar refractivity (Wildman–Crippen MR) is 85.0 cm³/mol. The molecular weight excluding hydrogens is 290 g/mol. The fourth-order valence-corrected chi connectivity index (χ4v) is 4.26. The molecule has 0 spiro atoms. The Morgan fingerprint density at radius 2 is 2.20 bits per heavy atom. The second kappa shape index (κ2) is 7.57. The fourth-order valence-electron chi connectivity index (χ4n) is 2.00. The Balaban J connectivity index is 2.15. The molecule has 0 saturated heterocycles. The topological polar surface area (TPSA) is 38.3 Å². The van der Waals surface area contributed by atoms with Crippen molar-refractivity contribution >= 4 is 22.1 Å². The molecule has 2 unspecified atom stereocenters. The van der Waals surface area contributed by atoms with Gasteiger partial charge in [-0.05, 0) is 35.7 Å². The first-order chi connectivity index (χ1) is 9.74. The molecule has 0 saturated carbocycles. The number of hydrogen-bond donors (Lipinski definition) is 1. The van der Waals surface area contributed by atoms with Crippen molar-refractivity contribution in [2.45, 2.75) is 17.2 Å². The van der Waals surface area contributed by atoms with Gasteiger partial charge in [0, 0.05) is 11.8 Å². The smallest absolute Gasteiger partial charge is 0.119 e. The summed E-state index contributed by atoms with van der Waals surface area (Å²) in [5.41, 5.74) is 1.11. The summed E-state index contributed by atoms with van der Waals surface area (Å²) < 4.78 is 18.6. The lowest BCUT2D eigenvalue weighted by atomic mass is 10.1. The number of ether oxygens (including phenoxy) is 1. The van der Waals surface area contributed by atoms with E-state index in [0.29, 0.717) is 5.75 Å². The van der Waals surface area contributed by atoms with E-state index in [4.69, 9.17) is 4.74 Å². The third-order valence-corrected chi connectivity index (χ3v) is 5.71. The van der Waals surface area contributed by atoms with Crippen molar-refractivity contribution in [2.75, 3.05) is 19.4 Å². The van der Waals surface area contributed by atoms with Crippen molar-refractivity contribution in [3.8, 4) is 5.75 Å². The van der Waals surface area contributed by atoms with Gasteiger partial charge in [0.25, 0.3) is 0 Å². The number of rotatable bonds is 7. The zero-order chi connectivity index (χ0) is 14.4. The highest BCUT2D eigenvalue weighted by atomic mass is 32.2. The molecular formula is C15H19NO2S2. The number of thiophene rings is 1. The van der Waals surface area contributed by atoms with Gasteiger partial charge in [-0.2, -0.15) is 0 Å². The maximum atomic E-state index is 12.4. The summed E-state index contributed by atoms with van der Waals surface area (Å²) in [6.45, 7) is 2.89. The molecule has 2 rings (SSSR count). The molecule has 1 aromatic heterocycles. The van der Waals surface area contributed by atoms with E-state index in [0.717, 1.165) is 22.1 Å². The van der Waals surface area contributed by atoms with Crippen molar-refractivity contribution in [1.82, 2.24) is 5.32 Å². The summed E-state index contributed by atoms with van der Waals surface area (Å²) in [5, 5.41) is 5.36. The van der Waals surface area contributed by atoms with Crippen LogP contribution in [0.1, 0.15) is 18.5 Å². The summed E-state index contributed by atoms with van der Waals surface area (Å²) >= 11 is 1.54. The maximum absolute atomic E-state index is 12.4. The highest BCUT2D eigenvalue weighted by Crippen LogP contribution is 2.23. The molecule has 0 bridgehead atoms. The average Bonchev–Trinajstić information content (AvgIpc) is 3.01. The Kier molecular flexibility index (Phi) is 5.76. The zero-order valence-electron chi connectivity index (χ0n) is 11.7. The number of hydrogen-bond acceptors (Lipinski definition) is 4. The van der Waals surface area contributed by atoms with Crippen LogP contribution >= 0.6 is 11.3 Å². The van der Waals surface area contributed by atoms with Crippen LogP contribution in [0.3, 0.4) is 0 Å². The molecule has 0 aliphatic carbocycles. The molecule has 0 fully saturated rings. The van der Waals surface area contributed by atoms with Gasteiger partial charge in [-0.25, -0.2) is 0 Å². The highest BCUT2D eigenvalue weighted by molar-refractivity contribution is 7.87. The predicted octanol–water partition coefficient (Wildman–Crippen LogP) is 3.22. The third-order valence-electron chi connectivity index (χ3n) is 2.98. The lowest BCUT2D eigenvalue weighted by molar-refractivity contribution is 0.413. The van der Waals surface area contributed by atoms with Gasteiger partial charge in [-0.15, -0.1) is 11.3 Å². The average molecular weight is 309 g/mol. The largest absolute Gasteiger partial charge is 0.497 e. The standard InChI is InChI=1S/C15H19NO2S2/c1-3-16-14(11-20(17)15-8-5-9-19-15)12-6-4-7-13(10-12)18-2/h4-10,14,16H,3,11H2,1-2H3. The molecule has 0 amide bonds. The lowest BCUT2D eigenvalue weighted by Gasteiger charge is -2.18. The third kappa shape index (κ3) is 3.91. The Labute approximate surface area is 126 Å². The highest BCUT2D eigenvalue weighted by Gasteiger charge is 2.16. The quantitative estimate of drug-likeness (QED) is 0.853. The molecule has 2 aromatic rings. The Bertz CT molecular complexity index is 555. The van der Waals surface area contributed by atoms with E-state index in [9.17, 15) is 4.21 Å². The minimum absolute atomic E-state index is 0.0676. The van der Waals surface area contributed by atoms with Crippen LogP contribution in [0.5, 0.6) is 5.75 Å². The van der Waals surface area contributed by atoms with Crippen molar-refractivity contribution in [3.05, 3.63) is 47.3 Å². The van der Waals surface area contributed by atoms with Crippen LogP contribution in [0.2, 0.25) is 0 Å². The van der Waals surface area contributed by atoms with Crippen LogP contribution in [0.4, 0.5) is 0 Å². The first kappa shape index (κ1) is 15.2. The zero-order valence-corrected chi connectivity index (χ0v) is 13.3. The number of methoxy groups -OCH3 is 1. The summed E-state index contributed by atoms with van der Waals surface area (Å²) in [5.74, 6) is 1.40. The van der Waals surface area contributed by atoms with Crippen molar-refractivity contribution in [3.63, 3.8) is 0 Å².